The number of amides is 1. The Kier molecular flexibility index (Phi) is 5.21. The molecule has 1 atom stereocenters. The Bertz CT molecular complexity index is 930. The van der Waals surface area contributed by atoms with E-state index >= 15 is 0 Å². The molecule has 1 aliphatic rings. The quantitative estimate of drug-likeness (QED) is 0.708. The molecule has 0 unspecified atom stereocenters. The SMILES string of the molecule is Cc1nc(C(=O)NC[C@@H](c2ccco2)N2CCCC2)nn1-c1ccc(F)cc1. The van der Waals surface area contributed by atoms with E-state index in [-0.39, 0.29) is 23.6 Å². The zero-order valence-electron chi connectivity index (χ0n) is 15.6. The third-order valence-electron chi connectivity index (χ3n) is 4.95. The molecule has 0 bridgehead atoms. The fourth-order valence-electron chi connectivity index (χ4n) is 3.53. The first-order valence-electron chi connectivity index (χ1n) is 9.37. The van der Waals surface area contributed by atoms with Gasteiger partial charge in [-0.25, -0.2) is 14.1 Å². The average Bonchev–Trinajstić information content (AvgIpc) is 3.45. The largest absolute Gasteiger partial charge is 0.468 e. The summed E-state index contributed by atoms with van der Waals surface area (Å²) in [4.78, 5) is 19.2. The third kappa shape index (κ3) is 3.82. The van der Waals surface area contributed by atoms with Crippen molar-refractivity contribution in [3.8, 4) is 5.69 Å². The fourth-order valence-corrected chi connectivity index (χ4v) is 3.53. The van der Waals surface area contributed by atoms with Crippen LogP contribution in [0.3, 0.4) is 0 Å². The molecule has 1 fully saturated rings. The standard InChI is InChI=1S/C20H22FN5O2/c1-14-23-19(24-26(14)16-8-6-15(21)7-9-16)20(27)22-13-17(18-5-4-12-28-18)25-10-2-3-11-25/h4-9,12,17H,2-3,10-11,13H2,1H3,(H,22,27)/t17-/m0/s1. The average molecular weight is 383 g/mol. The second kappa shape index (κ2) is 7.93. The summed E-state index contributed by atoms with van der Waals surface area (Å²) in [5, 5.41) is 7.21. The number of benzene rings is 1. The van der Waals surface area contributed by atoms with Crippen molar-refractivity contribution < 1.29 is 13.6 Å². The minimum absolute atomic E-state index is 0.0123. The number of aromatic nitrogens is 3. The molecule has 146 valence electrons. The van der Waals surface area contributed by atoms with Gasteiger partial charge >= 0.3 is 0 Å². The fraction of sp³-hybridized carbons (Fsp3) is 0.350. The van der Waals surface area contributed by atoms with E-state index in [2.05, 4.69) is 20.3 Å². The van der Waals surface area contributed by atoms with Gasteiger partial charge in [-0.05, 0) is 69.3 Å². The number of hydrogen-bond donors (Lipinski definition) is 1. The Morgan fingerprint density at radius 3 is 2.68 bits per heavy atom. The van der Waals surface area contributed by atoms with E-state index < -0.39 is 0 Å². The Labute approximate surface area is 162 Å². The van der Waals surface area contributed by atoms with E-state index in [1.54, 1.807) is 25.3 Å². The van der Waals surface area contributed by atoms with Gasteiger partial charge in [0.1, 0.15) is 17.4 Å². The molecule has 0 radical (unpaired) electrons. The number of aryl methyl sites for hydroxylation is 1. The molecule has 7 nitrogen and oxygen atoms in total. The first-order chi connectivity index (χ1) is 13.6. The van der Waals surface area contributed by atoms with Gasteiger partial charge in [0.2, 0.25) is 5.82 Å². The van der Waals surface area contributed by atoms with Crippen molar-refractivity contribution in [1.82, 2.24) is 25.0 Å². The van der Waals surface area contributed by atoms with Crippen molar-refractivity contribution in [3.05, 3.63) is 65.9 Å². The predicted molar refractivity (Wildman–Crippen MR) is 101 cm³/mol. The maximum Gasteiger partial charge on any atom is 0.291 e. The van der Waals surface area contributed by atoms with Crippen molar-refractivity contribution in [2.45, 2.75) is 25.8 Å². The summed E-state index contributed by atoms with van der Waals surface area (Å²) in [7, 11) is 0. The van der Waals surface area contributed by atoms with Crippen LogP contribution < -0.4 is 5.32 Å². The number of hydrogen-bond acceptors (Lipinski definition) is 5. The summed E-state index contributed by atoms with van der Waals surface area (Å²) >= 11 is 0. The lowest BCUT2D eigenvalue weighted by atomic mass is 10.2. The molecule has 8 heteroatoms. The smallest absolute Gasteiger partial charge is 0.291 e. The van der Waals surface area contributed by atoms with Crippen molar-refractivity contribution in [2.75, 3.05) is 19.6 Å². The number of carbonyl (C=O) groups is 1. The number of carbonyl (C=O) groups excluding carboxylic acids is 1. The highest BCUT2D eigenvalue weighted by Crippen LogP contribution is 2.25. The Morgan fingerprint density at radius 1 is 1.25 bits per heavy atom. The second-order valence-corrected chi connectivity index (χ2v) is 6.86. The predicted octanol–water partition coefficient (Wildman–Crippen LogP) is 2.87. The minimum Gasteiger partial charge on any atom is -0.468 e. The summed E-state index contributed by atoms with van der Waals surface area (Å²) in [6, 6.07) is 9.66. The molecule has 1 saturated heterocycles. The Morgan fingerprint density at radius 2 is 2.00 bits per heavy atom. The molecule has 0 aliphatic carbocycles. The molecule has 3 heterocycles. The van der Waals surface area contributed by atoms with Crippen LogP contribution in [0.5, 0.6) is 0 Å². The molecule has 1 N–H and O–H groups in total. The van der Waals surface area contributed by atoms with Crippen LogP contribution in [0.2, 0.25) is 0 Å². The molecule has 0 saturated carbocycles. The summed E-state index contributed by atoms with van der Waals surface area (Å²) in [6.45, 7) is 4.13. The maximum absolute atomic E-state index is 13.1. The summed E-state index contributed by atoms with van der Waals surface area (Å²) < 4.78 is 20.2. The molecule has 1 aliphatic heterocycles. The number of nitrogens with zero attached hydrogens (tertiary/aromatic N) is 4. The molecule has 3 aromatic rings. The second-order valence-electron chi connectivity index (χ2n) is 6.86. The number of likely N-dealkylation sites (tertiary alicyclic amines) is 1. The van der Waals surface area contributed by atoms with Crippen LogP contribution in [0.1, 0.15) is 41.1 Å². The molecule has 28 heavy (non-hydrogen) atoms. The van der Waals surface area contributed by atoms with Gasteiger partial charge in [0.25, 0.3) is 5.91 Å². The number of nitrogens with one attached hydrogen (secondary N) is 1. The van der Waals surface area contributed by atoms with Crippen LogP contribution in [0.25, 0.3) is 5.69 Å². The number of rotatable bonds is 6. The van der Waals surface area contributed by atoms with Crippen LogP contribution in [-0.4, -0.2) is 45.2 Å². The van der Waals surface area contributed by atoms with E-state index in [0.29, 0.717) is 18.1 Å². The molecular weight excluding hydrogens is 361 g/mol. The zero-order valence-corrected chi connectivity index (χ0v) is 15.6. The van der Waals surface area contributed by atoms with E-state index in [4.69, 9.17) is 4.42 Å². The van der Waals surface area contributed by atoms with E-state index in [9.17, 15) is 9.18 Å². The zero-order chi connectivity index (χ0) is 19.5. The number of halogens is 1. The van der Waals surface area contributed by atoms with Crippen LogP contribution in [0, 0.1) is 12.7 Å². The van der Waals surface area contributed by atoms with Gasteiger partial charge in [-0.15, -0.1) is 5.10 Å². The van der Waals surface area contributed by atoms with Crippen LogP contribution in [0.4, 0.5) is 4.39 Å². The normalized spacial score (nSPS) is 15.6. The summed E-state index contributed by atoms with van der Waals surface area (Å²) in [5.74, 6) is 0.800. The van der Waals surface area contributed by atoms with E-state index in [1.165, 1.54) is 16.8 Å². The lowest BCUT2D eigenvalue weighted by molar-refractivity contribution is 0.0923. The van der Waals surface area contributed by atoms with E-state index in [1.807, 2.05) is 12.1 Å². The molecule has 1 amide bonds. The Hall–Kier alpha value is -3.00. The van der Waals surface area contributed by atoms with Crippen LogP contribution in [0.15, 0.2) is 47.1 Å². The first-order valence-corrected chi connectivity index (χ1v) is 9.37. The molecule has 2 aromatic heterocycles. The van der Waals surface area contributed by atoms with Gasteiger partial charge in [-0.1, -0.05) is 0 Å². The maximum atomic E-state index is 13.1. The third-order valence-corrected chi connectivity index (χ3v) is 4.95. The van der Waals surface area contributed by atoms with Gasteiger partial charge in [-0.3, -0.25) is 9.69 Å². The molecule has 0 spiro atoms. The van der Waals surface area contributed by atoms with Gasteiger partial charge < -0.3 is 9.73 Å². The van der Waals surface area contributed by atoms with Gasteiger partial charge in [0.15, 0.2) is 0 Å². The molecule has 1 aromatic carbocycles. The monoisotopic (exact) mass is 383 g/mol. The van der Waals surface area contributed by atoms with Crippen LogP contribution in [-0.2, 0) is 0 Å². The first kappa shape index (κ1) is 18.4. The minimum atomic E-state index is -0.347. The van der Waals surface area contributed by atoms with E-state index in [0.717, 1.165) is 31.7 Å². The molecular formula is C20H22FN5O2. The van der Waals surface area contributed by atoms with Crippen molar-refractivity contribution in [3.63, 3.8) is 0 Å². The summed E-state index contributed by atoms with van der Waals surface area (Å²) in [5.41, 5.74) is 0.649. The van der Waals surface area contributed by atoms with Gasteiger partial charge in [-0.2, -0.15) is 0 Å². The molecule has 4 rings (SSSR count). The topological polar surface area (TPSA) is 76.2 Å². The van der Waals surface area contributed by atoms with Crippen molar-refractivity contribution in [1.29, 1.82) is 0 Å². The van der Waals surface area contributed by atoms with Gasteiger partial charge in [0, 0.05) is 6.54 Å². The van der Waals surface area contributed by atoms with Crippen molar-refractivity contribution >= 4 is 5.91 Å². The van der Waals surface area contributed by atoms with Crippen LogP contribution >= 0.6 is 0 Å². The highest BCUT2D eigenvalue weighted by molar-refractivity contribution is 5.90. The lowest BCUT2D eigenvalue weighted by Crippen LogP contribution is -2.37. The summed E-state index contributed by atoms with van der Waals surface area (Å²) in [6.07, 6.45) is 3.94. The Balaban J connectivity index is 1.47. The lowest BCUT2D eigenvalue weighted by Gasteiger charge is -2.25. The number of furan rings is 1. The highest BCUT2D eigenvalue weighted by atomic mass is 19.1. The van der Waals surface area contributed by atoms with Gasteiger partial charge in [0.05, 0.1) is 18.0 Å². The highest BCUT2D eigenvalue weighted by Gasteiger charge is 2.26. The van der Waals surface area contributed by atoms with Crippen molar-refractivity contribution in [2.24, 2.45) is 0 Å².